The molecule has 0 spiro atoms. The monoisotopic (exact) mass is 346 g/mol. The zero-order valence-electron chi connectivity index (χ0n) is 14.2. The molecule has 1 aliphatic heterocycles. The molecule has 0 bridgehead atoms. The van der Waals surface area contributed by atoms with Gasteiger partial charge in [0.15, 0.2) is 5.82 Å². The number of piperazine rings is 1. The van der Waals surface area contributed by atoms with Crippen molar-refractivity contribution in [3.05, 3.63) is 47.2 Å². The van der Waals surface area contributed by atoms with Crippen molar-refractivity contribution >= 4 is 15.8 Å². The number of aryl methyl sites for hydroxylation is 3. The van der Waals surface area contributed by atoms with Gasteiger partial charge in [0.05, 0.1) is 4.90 Å². The minimum absolute atomic E-state index is 0.445. The number of nitrogens with zero attached hydrogens (tertiary/aromatic N) is 4. The Hall–Kier alpha value is -1.99. The van der Waals surface area contributed by atoms with E-state index in [9.17, 15) is 8.42 Å². The standard InChI is InChI=1S/C17H22N4O2S/c1-13-11-14(2)17(15(3)12-13)24(22,23)21-9-7-20(8-10-21)16-5-4-6-18-19-16/h4-6,11-12H,7-10H2,1-3H3. The summed E-state index contributed by atoms with van der Waals surface area (Å²) in [5.41, 5.74) is 2.70. The van der Waals surface area contributed by atoms with Gasteiger partial charge in [-0.25, -0.2) is 8.42 Å². The van der Waals surface area contributed by atoms with Gasteiger partial charge in [0.2, 0.25) is 10.0 Å². The fourth-order valence-electron chi connectivity index (χ4n) is 3.32. The normalized spacial score (nSPS) is 16.4. The van der Waals surface area contributed by atoms with Crippen LogP contribution in [0.4, 0.5) is 5.82 Å². The smallest absolute Gasteiger partial charge is 0.243 e. The van der Waals surface area contributed by atoms with Crippen molar-refractivity contribution in [2.45, 2.75) is 25.7 Å². The third kappa shape index (κ3) is 3.14. The molecule has 1 aliphatic rings. The molecule has 0 atom stereocenters. The van der Waals surface area contributed by atoms with Gasteiger partial charge in [-0.1, -0.05) is 17.7 Å². The fraction of sp³-hybridized carbons (Fsp3) is 0.412. The number of sulfonamides is 1. The van der Waals surface area contributed by atoms with Gasteiger partial charge in [0, 0.05) is 32.4 Å². The molecule has 2 heterocycles. The van der Waals surface area contributed by atoms with Gasteiger partial charge in [0.25, 0.3) is 0 Å². The lowest BCUT2D eigenvalue weighted by Crippen LogP contribution is -2.49. The minimum atomic E-state index is -3.48. The lowest BCUT2D eigenvalue weighted by Gasteiger charge is -2.34. The molecule has 24 heavy (non-hydrogen) atoms. The first-order valence-corrected chi connectivity index (χ1v) is 9.44. The number of hydrogen-bond acceptors (Lipinski definition) is 5. The molecule has 128 valence electrons. The maximum Gasteiger partial charge on any atom is 0.243 e. The van der Waals surface area contributed by atoms with Crippen LogP contribution in [0.15, 0.2) is 35.4 Å². The maximum absolute atomic E-state index is 13.1. The first kappa shape index (κ1) is 16.9. The van der Waals surface area contributed by atoms with Crippen LogP contribution < -0.4 is 4.90 Å². The molecule has 3 rings (SSSR count). The topological polar surface area (TPSA) is 66.4 Å². The Morgan fingerprint density at radius 2 is 1.62 bits per heavy atom. The molecule has 2 aromatic rings. The summed E-state index contributed by atoms with van der Waals surface area (Å²) in [5, 5.41) is 7.98. The first-order chi connectivity index (χ1) is 11.4. The average Bonchev–Trinajstić information content (AvgIpc) is 2.54. The largest absolute Gasteiger partial charge is 0.352 e. The Balaban J connectivity index is 1.81. The summed E-state index contributed by atoms with van der Waals surface area (Å²) in [6.45, 7) is 7.84. The van der Waals surface area contributed by atoms with Crippen LogP contribution in [0, 0.1) is 20.8 Å². The fourth-order valence-corrected chi connectivity index (χ4v) is 5.16. The molecule has 1 saturated heterocycles. The van der Waals surface area contributed by atoms with Gasteiger partial charge in [-0.15, -0.1) is 5.10 Å². The van der Waals surface area contributed by atoms with Crippen molar-refractivity contribution in [3.63, 3.8) is 0 Å². The highest BCUT2D eigenvalue weighted by molar-refractivity contribution is 7.89. The van der Waals surface area contributed by atoms with Gasteiger partial charge in [-0.2, -0.15) is 9.40 Å². The van der Waals surface area contributed by atoms with Crippen LogP contribution in [-0.4, -0.2) is 49.1 Å². The van der Waals surface area contributed by atoms with Gasteiger partial charge >= 0.3 is 0 Å². The first-order valence-electron chi connectivity index (χ1n) is 8.00. The van der Waals surface area contributed by atoms with E-state index in [0.717, 1.165) is 22.5 Å². The number of hydrogen-bond donors (Lipinski definition) is 0. The van der Waals surface area contributed by atoms with E-state index in [-0.39, 0.29) is 0 Å². The van der Waals surface area contributed by atoms with E-state index in [1.807, 2.05) is 45.0 Å². The van der Waals surface area contributed by atoms with Gasteiger partial charge in [0.1, 0.15) is 0 Å². The van der Waals surface area contributed by atoms with Crippen molar-refractivity contribution in [3.8, 4) is 0 Å². The highest BCUT2D eigenvalue weighted by Crippen LogP contribution is 2.26. The predicted molar refractivity (Wildman–Crippen MR) is 93.7 cm³/mol. The second-order valence-electron chi connectivity index (χ2n) is 6.20. The molecule has 0 amide bonds. The summed E-state index contributed by atoms with van der Waals surface area (Å²) in [6, 6.07) is 7.58. The highest BCUT2D eigenvalue weighted by Gasteiger charge is 2.31. The molecule has 1 aromatic carbocycles. The van der Waals surface area contributed by atoms with Crippen molar-refractivity contribution in [2.24, 2.45) is 0 Å². The van der Waals surface area contributed by atoms with Crippen LogP contribution in [0.1, 0.15) is 16.7 Å². The zero-order valence-corrected chi connectivity index (χ0v) is 15.0. The lowest BCUT2D eigenvalue weighted by molar-refractivity contribution is 0.383. The Morgan fingerprint density at radius 3 is 2.17 bits per heavy atom. The van der Waals surface area contributed by atoms with Crippen molar-refractivity contribution in [1.29, 1.82) is 0 Å². The Morgan fingerprint density at radius 1 is 1.00 bits per heavy atom. The number of rotatable bonds is 3. The maximum atomic E-state index is 13.1. The van der Waals surface area contributed by atoms with Gasteiger partial charge < -0.3 is 4.90 Å². The highest BCUT2D eigenvalue weighted by atomic mass is 32.2. The molecule has 7 heteroatoms. The van der Waals surface area contributed by atoms with Crippen LogP contribution in [-0.2, 0) is 10.0 Å². The van der Waals surface area contributed by atoms with Crippen molar-refractivity contribution in [2.75, 3.05) is 31.1 Å². The third-order valence-electron chi connectivity index (χ3n) is 4.32. The quantitative estimate of drug-likeness (QED) is 0.849. The molecule has 0 radical (unpaired) electrons. The van der Waals surface area contributed by atoms with Gasteiger partial charge in [-0.3, -0.25) is 0 Å². The van der Waals surface area contributed by atoms with E-state index >= 15 is 0 Å². The van der Waals surface area contributed by atoms with Crippen LogP contribution in [0.3, 0.4) is 0 Å². The SMILES string of the molecule is Cc1cc(C)c(S(=O)(=O)N2CCN(c3cccnn3)CC2)c(C)c1. The third-order valence-corrected chi connectivity index (χ3v) is 6.53. The molecule has 0 unspecified atom stereocenters. The molecule has 1 aromatic heterocycles. The summed E-state index contributed by atoms with van der Waals surface area (Å²) >= 11 is 0. The Labute approximate surface area is 143 Å². The molecule has 0 aliphatic carbocycles. The molecule has 6 nitrogen and oxygen atoms in total. The summed E-state index contributed by atoms with van der Waals surface area (Å²) in [5.74, 6) is 0.789. The molecule has 0 N–H and O–H groups in total. The van der Waals surface area contributed by atoms with Crippen LogP contribution in [0.5, 0.6) is 0 Å². The van der Waals surface area contributed by atoms with E-state index in [4.69, 9.17) is 0 Å². The molecular weight excluding hydrogens is 324 g/mol. The van der Waals surface area contributed by atoms with Crippen molar-refractivity contribution in [1.82, 2.24) is 14.5 Å². The van der Waals surface area contributed by atoms with Crippen LogP contribution in [0.2, 0.25) is 0 Å². The van der Waals surface area contributed by atoms with Gasteiger partial charge in [-0.05, 0) is 44.0 Å². The molecule has 1 fully saturated rings. The number of benzene rings is 1. The summed E-state index contributed by atoms with van der Waals surface area (Å²) in [4.78, 5) is 2.51. The van der Waals surface area contributed by atoms with E-state index in [1.165, 1.54) is 0 Å². The van der Waals surface area contributed by atoms with Crippen LogP contribution in [0.25, 0.3) is 0 Å². The lowest BCUT2D eigenvalue weighted by atomic mass is 10.1. The molecular formula is C17H22N4O2S. The summed E-state index contributed by atoms with van der Waals surface area (Å²) in [7, 11) is -3.48. The van der Waals surface area contributed by atoms with E-state index in [2.05, 4.69) is 15.1 Å². The Bertz CT molecular complexity index is 806. The number of anilines is 1. The second-order valence-corrected chi connectivity index (χ2v) is 8.08. The predicted octanol–water partition coefficient (Wildman–Crippen LogP) is 1.91. The zero-order chi connectivity index (χ0) is 17.3. The molecule has 0 saturated carbocycles. The van der Waals surface area contributed by atoms with E-state index < -0.39 is 10.0 Å². The summed E-state index contributed by atoms with van der Waals surface area (Å²) < 4.78 is 27.7. The minimum Gasteiger partial charge on any atom is -0.352 e. The van der Waals surface area contributed by atoms with E-state index in [0.29, 0.717) is 31.1 Å². The van der Waals surface area contributed by atoms with Crippen LogP contribution >= 0.6 is 0 Å². The second kappa shape index (κ2) is 6.49. The summed E-state index contributed by atoms with van der Waals surface area (Å²) in [6.07, 6.45) is 1.63. The van der Waals surface area contributed by atoms with E-state index in [1.54, 1.807) is 10.5 Å². The number of aromatic nitrogens is 2. The van der Waals surface area contributed by atoms with Crippen molar-refractivity contribution < 1.29 is 8.42 Å². The average molecular weight is 346 g/mol. The Kier molecular flexibility index (Phi) is 4.56.